The van der Waals surface area contributed by atoms with Gasteiger partial charge in [-0.1, -0.05) is 24.3 Å². The molecule has 164 valence electrons. The molecule has 1 saturated heterocycles. The van der Waals surface area contributed by atoms with Crippen LogP contribution in [0.4, 0.5) is 0 Å². The minimum atomic E-state index is -3.76. The second-order valence-corrected chi connectivity index (χ2v) is 9.75. The number of hydrogen-bond acceptors (Lipinski definition) is 5. The van der Waals surface area contributed by atoms with E-state index < -0.39 is 10.0 Å². The van der Waals surface area contributed by atoms with Crippen molar-refractivity contribution in [2.45, 2.75) is 38.3 Å². The van der Waals surface area contributed by atoms with Crippen LogP contribution in [0, 0.1) is 19.8 Å². The minimum absolute atomic E-state index is 0.0329. The number of sulfonamides is 1. The molecule has 1 aliphatic rings. The summed E-state index contributed by atoms with van der Waals surface area (Å²) in [7, 11) is -3.76. The average molecular weight is 443 g/mol. The number of aromatic amines is 1. The van der Waals surface area contributed by atoms with Gasteiger partial charge in [0.15, 0.2) is 5.76 Å². The van der Waals surface area contributed by atoms with Gasteiger partial charge in [0.1, 0.15) is 5.69 Å². The van der Waals surface area contributed by atoms with Gasteiger partial charge in [0, 0.05) is 31.2 Å². The Kier molecular flexibility index (Phi) is 5.97. The molecule has 0 unspecified atom stereocenters. The highest BCUT2D eigenvalue weighted by atomic mass is 32.2. The molecule has 0 aliphatic carbocycles. The van der Waals surface area contributed by atoms with E-state index in [2.05, 4.69) is 15.5 Å². The molecule has 3 aromatic rings. The van der Waals surface area contributed by atoms with Crippen molar-refractivity contribution in [2.75, 3.05) is 13.1 Å². The van der Waals surface area contributed by atoms with Crippen molar-refractivity contribution in [3.63, 3.8) is 0 Å². The van der Waals surface area contributed by atoms with Crippen LogP contribution in [0.25, 0.3) is 11.5 Å². The number of aromatic nitrogens is 2. The number of carbonyl (C=O) groups is 1. The fourth-order valence-corrected chi connectivity index (χ4v) is 5.14. The Morgan fingerprint density at radius 2 is 1.94 bits per heavy atom. The lowest BCUT2D eigenvalue weighted by Gasteiger charge is -2.29. The topological polar surface area (TPSA) is 108 Å². The van der Waals surface area contributed by atoms with Crippen LogP contribution < -0.4 is 5.32 Å². The molecule has 0 bridgehead atoms. The second-order valence-electron chi connectivity index (χ2n) is 7.88. The minimum Gasteiger partial charge on any atom is -0.442 e. The number of furan rings is 1. The third kappa shape index (κ3) is 4.57. The van der Waals surface area contributed by atoms with E-state index in [1.807, 2.05) is 38.1 Å². The van der Waals surface area contributed by atoms with Gasteiger partial charge < -0.3 is 9.73 Å². The second kappa shape index (κ2) is 8.68. The SMILES string of the molecule is Cc1cc(-c2ccc(S(=O)(=O)N3CCC(C(=O)NCc4ccccc4C)CC3)o2)n[nH]1. The molecule has 8 nitrogen and oxygen atoms in total. The maximum absolute atomic E-state index is 13.0. The summed E-state index contributed by atoms with van der Waals surface area (Å²) in [6, 6.07) is 12.8. The lowest BCUT2D eigenvalue weighted by molar-refractivity contribution is -0.126. The van der Waals surface area contributed by atoms with Crippen LogP contribution in [-0.2, 0) is 21.4 Å². The number of amides is 1. The number of aryl methyl sites for hydroxylation is 2. The number of rotatable bonds is 6. The highest BCUT2D eigenvalue weighted by Gasteiger charge is 2.34. The summed E-state index contributed by atoms with van der Waals surface area (Å²) in [5.41, 5.74) is 3.63. The Bertz CT molecular complexity index is 1170. The van der Waals surface area contributed by atoms with Gasteiger partial charge in [-0.2, -0.15) is 9.40 Å². The van der Waals surface area contributed by atoms with E-state index in [0.717, 1.165) is 16.8 Å². The maximum Gasteiger partial charge on any atom is 0.276 e. The Hall–Kier alpha value is -2.91. The smallest absolute Gasteiger partial charge is 0.276 e. The average Bonchev–Trinajstić information content (AvgIpc) is 3.42. The van der Waals surface area contributed by atoms with Gasteiger partial charge in [0.05, 0.1) is 0 Å². The molecule has 4 rings (SSSR count). The Morgan fingerprint density at radius 1 is 1.19 bits per heavy atom. The van der Waals surface area contributed by atoms with Gasteiger partial charge in [-0.3, -0.25) is 9.89 Å². The molecule has 1 amide bonds. The first-order valence-electron chi connectivity index (χ1n) is 10.3. The summed E-state index contributed by atoms with van der Waals surface area (Å²) >= 11 is 0. The molecule has 2 N–H and O–H groups in total. The van der Waals surface area contributed by atoms with E-state index in [1.54, 1.807) is 12.1 Å². The zero-order valence-electron chi connectivity index (χ0n) is 17.6. The molecule has 0 spiro atoms. The monoisotopic (exact) mass is 442 g/mol. The van der Waals surface area contributed by atoms with Gasteiger partial charge in [-0.05, 0) is 56.0 Å². The van der Waals surface area contributed by atoms with E-state index in [1.165, 1.54) is 10.4 Å². The molecule has 31 heavy (non-hydrogen) atoms. The summed E-state index contributed by atoms with van der Waals surface area (Å²) in [6.45, 7) is 4.91. The first-order valence-corrected chi connectivity index (χ1v) is 11.7. The van der Waals surface area contributed by atoms with Crippen LogP contribution in [0.15, 0.2) is 52.0 Å². The molecule has 0 saturated carbocycles. The van der Waals surface area contributed by atoms with Crippen molar-refractivity contribution in [2.24, 2.45) is 5.92 Å². The quantitative estimate of drug-likeness (QED) is 0.610. The van der Waals surface area contributed by atoms with Crippen LogP contribution in [0.5, 0.6) is 0 Å². The molecule has 9 heteroatoms. The number of hydrogen-bond donors (Lipinski definition) is 2. The van der Waals surface area contributed by atoms with Crippen LogP contribution in [0.3, 0.4) is 0 Å². The first-order chi connectivity index (χ1) is 14.8. The van der Waals surface area contributed by atoms with Crippen molar-refractivity contribution >= 4 is 15.9 Å². The summed E-state index contributed by atoms with van der Waals surface area (Å²) in [5, 5.41) is 9.78. The third-order valence-corrected chi connectivity index (χ3v) is 7.45. The normalized spacial score (nSPS) is 15.8. The molecule has 3 heterocycles. The fraction of sp³-hybridized carbons (Fsp3) is 0.364. The van der Waals surface area contributed by atoms with Gasteiger partial charge in [0.2, 0.25) is 11.0 Å². The zero-order chi connectivity index (χ0) is 22.0. The van der Waals surface area contributed by atoms with Crippen molar-refractivity contribution in [1.82, 2.24) is 19.8 Å². The highest BCUT2D eigenvalue weighted by molar-refractivity contribution is 7.89. The summed E-state index contributed by atoms with van der Waals surface area (Å²) < 4.78 is 32.9. The lowest BCUT2D eigenvalue weighted by Crippen LogP contribution is -2.42. The highest BCUT2D eigenvalue weighted by Crippen LogP contribution is 2.28. The number of carbonyl (C=O) groups excluding carboxylic acids is 1. The Balaban J connectivity index is 1.35. The number of piperidine rings is 1. The van der Waals surface area contributed by atoms with E-state index in [-0.39, 0.29) is 30.0 Å². The molecule has 1 aromatic carbocycles. The van der Waals surface area contributed by atoms with Crippen molar-refractivity contribution in [1.29, 1.82) is 0 Å². The number of nitrogens with one attached hydrogen (secondary N) is 2. The van der Waals surface area contributed by atoms with Crippen LogP contribution in [0.2, 0.25) is 0 Å². The van der Waals surface area contributed by atoms with Crippen LogP contribution in [-0.4, -0.2) is 41.9 Å². The van der Waals surface area contributed by atoms with Crippen LogP contribution >= 0.6 is 0 Å². The molecular weight excluding hydrogens is 416 g/mol. The number of nitrogens with zero attached hydrogens (tertiary/aromatic N) is 2. The molecular formula is C22H26N4O4S. The third-order valence-electron chi connectivity index (χ3n) is 5.67. The standard InChI is InChI=1S/C22H26N4O4S/c1-15-5-3-4-6-18(15)14-23-22(27)17-9-11-26(12-10-17)31(28,29)21-8-7-20(30-21)19-13-16(2)24-25-19/h3-8,13,17H,9-12,14H2,1-2H3,(H,23,27)(H,24,25). The largest absolute Gasteiger partial charge is 0.442 e. The fourth-order valence-electron chi connectivity index (χ4n) is 3.76. The summed E-state index contributed by atoms with van der Waals surface area (Å²) in [6.07, 6.45) is 0.954. The first kappa shape index (κ1) is 21.3. The van der Waals surface area contributed by atoms with E-state index in [4.69, 9.17) is 4.42 Å². The van der Waals surface area contributed by atoms with Gasteiger partial charge in [0.25, 0.3) is 10.0 Å². The van der Waals surface area contributed by atoms with E-state index in [0.29, 0.717) is 30.8 Å². The van der Waals surface area contributed by atoms with E-state index >= 15 is 0 Å². The van der Waals surface area contributed by atoms with Crippen molar-refractivity contribution in [3.05, 3.63) is 59.3 Å². The predicted molar refractivity (Wildman–Crippen MR) is 116 cm³/mol. The lowest BCUT2D eigenvalue weighted by atomic mass is 9.97. The van der Waals surface area contributed by atoms with Gasteiger partial charge in [-0.25, -0.2) is 8.42 Å². The van der Waals surface area contributed by atoms with Crippen molar-refractivity contribution < 1.29 is 17.6 Å². The van der Waals surface area contributed by atoms with E-state index in [9.17, 15) is 13.2 Å². The molecule has 0 atom stereocenters. The predicted octanol–water partition coefficient (Wildman–Crippen LogP) is 3.00. The Labute approximate surface area is 181 Å². The summed E-state index contributed by atoms with van der Waals surface area (Å²) in [4.78, 5) is 12.6. The molecule has 2 aromatic heterocycles. The molecule has 1 aliphatic heterocycles. The van der Waals surface area contributed by atoms with Gasteiger partial charge >= 0.3 is 0 Å². The van der Waals surface area contributed by atoms with Crippen LogP contribution in [0.1, 0.15) is 29.7 Å². The molecule has 0 radical (unpaired) electrons. The number of benzene rings is 1. The number of H-pyrrole nitrogens is 1. The Morgan fingerprint density at radius 3 is 2.61 bits per heavy atom. The summed E-state index contributed by atoms with van der Waals surface area (Å²) in [5.74, 6) is 0.164. The molecule has 1 fully saturated rings. The zero-order valence-corrected chi connectivity index (χ0v) is 18.4. The van der Waals surface area contributed by atoms with Gasteiger partial charge in [-0.15, -0.1) is 0 Å². The van der Waals surface area contributed by atoms with Crippen molar-refractivity contribution in [3.8, 4) is 11.5 Å². The maximum atomic E-state index is 13.0.